The largest absolute Gasteiger partial charge is 0.609 e. The van der Waals surface area contributed by atoms with Crippen molar-refractivity contribution in [2.75, 3.05) is 43.9 Å². The van der Waals surface area contributed by atoms with Crippen LogP contribution in [-0.2, 0) is 22.5 Å². The zero-order valence-electron chi connectivity index (χ0n) is 19.2. The van der Waals surface area contributed by atoms with Gasteiger partial charge in [0.25, 0.3) is 5.91 Å². The molecule has 2 aliphatic heterocycles. The van der Waals surface area contributed by atoms with Gasteiger partial charge in [0.2, 0.25) is 5.91 Å². The number of hydrogen-bond acceptors (Lipinski definition) is 6. The number of amides is 2. The fraction of sp³-hybridized carbons (Fsp3) is 0.280. The Morgan fingerprint density at radius 2 is 1.77 bits per heavy atom. The highest BCUT2D eigenvalue weighted by atomic mass is 32.2. The highest BCUT2D eigenvalue weighted by Gasteiger charge is 2.31. The summed E-state index contributed by atoms with van der Waals surface area (Å²) in [6.45, 7) is 2.63. The summed E-state index contributed by atoms with van der Waals surface area (Å²) in [5, 5.41) is 0.221. The van der Waals surface area contributed by atoms with Crippen molar-refractivity contribution >= 4 is 28.7 Å². The third-order valence-corrected chi connectivity index (χ3v) is 7.08. The molecule has 2 aromatic carbocycles. The molecule has 1 fully saturated rings. The van der Waals surface area contributed by atoms with Crippen LogP contribution in [0.5, 0.6) is 0 Å². The van der Waals surface area contributed by atoms with Crippen molar-refractivity contribution in [2.45, 2.75) is 11.7 Å². The Labute approximate surface area is 205 Å². The van der Waals surface area contributed by atoms with Crippen LogP contribution in [-0.4, -0.2) is 75.1 Å². The Morgan fingerprint density at radius 3 is 2.46 bits per heavy atom. The summed E-state index contributed by atoms with van der Waals surface area (Å²) in [4.78, 5) is 39.3. The van der Waals surface area contributed by atoms with E-state index in [1.807, 2.05) is 18.2 Å². The molecule has 0 radical (unpaired) electrons. The Morgan fingerprint density at radius 1 is 1.06 bits per heavy atom. The molecule has 2 amide bonds. The second-order valence-electron chi connectivity index (χ2n) is 8.56. The van der Waals surface area contributed by atoms with Crippen molar-refractivity contribution in [1.82, 2.24) is 19.8 Å². The van der Waals surface area contributed by atoms with Gasteiger partial charge >= 0.3 is 5.16 Å². The Bertz CT molecular complexity index is 1260. The van der Waals surface area contributed by atoms with Crippen LogP contribution in [0.1, 0.15) is 15.9 Å². The molecule has 1 saturated heterocycles. The number of fused-ring (bicyclic) bond motifs is 1. The molecule has 0 spiro atoms. The molecule has 5 rings (SSSR count). The average Bonchev–Trinajstić information content (AvgIpc) is 3.19. The summed E-state index contributed by atoms with van der Waals surface area (Å²) in [6.07, 6.45) is 4.60. The van der Waals surface area contributed by atoms with Gasteiger partial charge in [0.1, 0.15) is 18.6 Å². The van der Waals surface area contributed by atoms with E-state index in [1.54, 1.807) is 34.3 Å². The summed E-state index contributed by atoms with van der Waals surface area (Å²) in [5.41, 5.74) is 3.69. The first kappa shape index (κ1) is 23.3. The lowest BCUT2D eigenvalue weighted by Gasteiger charge is -2.37. The lowest BCUT2D eigenvalue weighted by Crippen LogP contribution is -2.51. The van der Waals surface area contributed by atoms with Crippen molar-refractivity contribution in [1.29, 1.82) is 0 Å². The van der Waals surface area contributed by atoms with E-state index in [0.717, 1.165) is 11.3 Å². The molecular formula is C25H24FN5O3S. The SMILES string of the molecule is C[S+]([O-])c1ncc(-c2cc(F)ccc2N2CCN(C(=O)CN3Cc4ccccc4C3=O)CC2)cn1. The molecule has 1 aromatic heterocycles. The molecule has 2 aliphatic rings. The first-order chi connectivity index (χ1) is 16.9. The minimum absolute atomic E-state index is 0.0534. The highest BCUT2D eigenvalue weighted by Crippen LogP contribution is 2.32. The van der Waals surface area contributed by atoms with Crippen LogP contribution in [0.4, 0.5) is 10.1 Å². The minimum Gasteiger partial charge on any atom is -0.609 e. The van der Waals surface area contributed by atoms with E-state index in [9.17, 15) is 18.5 Å². The topological polar surface area (TPSA) is 92.7 Å². The van der Waals surface area contributed by atoms with Gasteiger partial charge in [-0.25, -0.2) is 4.39 Å². The zero-order valence-corrected chi connectivity index (χ0v) is 20.0. The van der Waals surface area contributed by atoms with Gasteiger partial charge in [0.15, 0.2) is 0 Å². The summed E-state index contributed by atoms with van der Waals surface area (Å²) in [5.74, 6) is -0.567. The van der Waals surface area contributed by atoms with E-state index in [0.29, 0.717) is 49.4 Å². The van der Waals surface area contributed by atoms with Crippen molar-refractivity contribution in [3.63, 3.8) is 0 Å². The van der Waals surface area contributed by atoms with Crippen LogP contribution in [0.15, 0.2) is 60.0 Å². The van der Waals surface area contributed by atoms with Gasteiger partial charge in [-0.15, -0.1) is 0 Å². The van der Waals surface area contributed by atoms with Crippen molar-refractivity contribution in [3.05, 3.63) is 71.8 Å². The van der Waals surface area contributed by atoms with Crippen molar-refractivity contribution in [3.8, 4) is 11.1 Å². The van der Waals surface area contributed by atoms with Crippen LogP contribution in [0.3, 0.4) is 0 Å². The van der Waals surface area contributed by atoms with Gasteiger partial charge in [0, 0.05) is 78.7 Å². The summed E-state index contributed by atoms with van der Waals surface area (Å²) >= 11 is -1.30. The van der Waals surface area contributed by atoms with E-state index in [-0.39, 0.29) is 29.3 Å². The lowest BCUT2D eigenvalue weighted by molar-refractivity contribution is -0.132. The van der Waals surface area contributed by atoms with E-state index < -0.39 is 11.2 Å². The van der Waals surface area contributed by atoms with Gasteiger partial charge in [-0.1, -0.05) is 18.2 Å². The maximum atomic E-state index is 14.1. The molecule has 0 bridgehead atoms. The normalized spacial score (nSPS) is 16.4. The van der Waals surface area contributed by atoms with Crippen LogP contribution in [0.25, 0.3) is 11.1 Å². The molecule has 8 nitrogen and oxygen atoms in total. The van der Waals surface area contributed by atoms with E-state index in [2.05, 4.69) is 14.9 Å². The average molecular weight is 494 g/mol. The predicted molar refractivity (Wildman–Crippen MR) is 130 cm³/mol. The number of carbonyl (C=O) groups is 2. The minimum atomic E-state index is -1.30. The molecule has 35 heavy (non-hydrogen) atoms. The number of anilines is 1. The van der Waals surface area contributed by atoms with Gasteiger partial charge in [0.05, 0.1) is 0 Å². The van der Waals surface area contributed by atoms with E-state index in [4.69, 9.17) is 0 Å². The van der Waals surface area contributed by atoms with E-state index in [1.165, 1.54) is 18.4 Å². The number of halogens is 1. The maximum absolute atomic E-state index is 14.1. The van der Waals surface area contributed by atoms with Crippen LogP contribution in [0.2, 0.25) is 0 Å². The molecule has 180 valence electrons. The van der Waals surface area contributed by atoms with Gasteiger partial charge in [-0.3, -0.25) is 9.59 Å². The first-order valence-electron chi connectivity index (χ1n) is 11.3. The Balaban J connectivity index is 1.25. The third-order valence-electron chi connectivity index (χ3n) is 6.35. The molecule has 0 N–H and O–H groups in total. The quantitative estimate of drug-likeness (QED) is 0.400. The molecule has 1 unspecified atom stereocenters. The molecule has 1 atom stereocenters. The van der Waals surface area contributed by atoms with Gasteiger partial charge in [-0.2, -0.15) is 9.97 Å². The van der Waals surface area contributed by atoms with Crippen LogP contribution in [0, 0.1) is 5.82 Å². The summed E-state index contributed by atoms with van der Waals surface area (Å²) < 4.78 is 25.7. The highest BCUT2D eigenvalue weighted by molar-refractivity contribution is 7.90. The fourth-order valence-electron chi connectivity index (χ4n) is 4.52. The monoisotopic (exact) mass is 493 g/mol. The zero-order chi connectivity index (χ0) is 24.5. The lowest BCUT2D eigenvalue weighted by atomic mass is 10.0. The Hall–Kier alpha value is -3.50. The molecule has 0 saturated carbocycles. The van der Waals surface area contributed by atoms with Gasteiger partial charge < -0.3 is 19.3 Å². The standard InChI is InChI=1S/C25H24FN5O3S/c1-35(34)25-27-13-18(14-28-25)21-12-19(26)6-7-22(21)29-8-10-30(11-9-29)23(32)16-31-15-17-4-2-3-5-20(17)24(31)33/h2-7,12-14H,8-11,15-16H2,1H3. The number of benzene rings is 2. The summed E-state index contributed by atoms with van der Waals surface area (Å²) in [7, 11) is 0. The number of carbonyl (C=O) groups excluding carboxylic acids is 2. The van der Waals surface area contributed by atoms with Crippen molar-refractivity contribution in [2.24, 2.45) is 0 Å². The van der Waals surface area contributed by atoms with Gasteiger partial charge in [-0.05, 0) is 29.8 Å². The second-order valence-corrected chi connectivity index (χ2v) is 9.83. The molecule has 3 aromatic rings. The molecule has 10 heteroatoms. The fourth-order valence-corrected chi connectivity index (χ4v) is 4.92. The number of aromatic nitrogens is 2. The predicted octanol–water partition coefficient (Wildman–Crippen LogP) is 2.32. The second kappa shape index (κ2) is 9.63. The Kier molecular flexibility index (Phi) is 6.40. The maximum Gasteiger partial charge on any atom is 0.342 e. The number of nitrogens with zero attached hydrogens (tertiary/aromatic N) is 5. The molecule has 3 heterocycles. The van der Waals surface area contributed by atoms with Crippen molar-refractivity contribution < 1.29 is 18.5 Å². The smallest absolute Gasteiger partial charge is 0.342 e. The third kappa shape index (κ3) is 4.71. The number of hydrogen-bond donors (Lipinski definition) is 0. The molecular weight excluding hydrogens is 469 g/mol. The van der Waals surface area contributed by atoms with Crippen LogP contribution >= 0.6 is 0 Å². The molecule has 0 aliphatic carbocycles. The van der Waals surface area contributed by atoms with E-state index >= 15 is 0 Å². The number of rotatable bonds is 5. The first-order valence-corrected chi connectivity index (χ1v) is 12.8. The van der Waals surface area contributed by atoms with Crippen LogP contribution < -0.4 is 4.90 Å². The number of piperazine rings is 1. The summed E-state index contributed by atoms with van der Waals surface area (Å²) in [6, 6.07) is 12.0.